The smallest absolute Gasteiger partial charge is 0.225 e. The van der Waals surface area contributed by atoms with Crippen molar-refractivity contribution in [2.45, 2.75) is 13.3 Å². The molecule has 0 N–H and O–H groups in total. The van der Waals surface area contributed by atoms with Gasteiger partial charge in [0.1, 0.15) is 0 Å². The molecule has 0 saturated heterocycles. The van der Waals surface area contributed by atoms with Gasteiger partial charge in [0, 0.05) is 28.3 Å². The summed E-state index contributed by atoms with van der Waals surface area (Å²) in [6, 6.07) is 2.76. The Balaban J connectivity index is 2.54. The van der Waals surface area contributed by atoms with E-state index in [-0.39, 0.29) is 5.56 Å². The molecule has 0 spiro atoms. The van der Waals surface area contributed by atoms with Crippen LogP contribution in [0.4, 0.5) is 13.2 Å². The number of aromatic nitrogens is 1. The number of nitrogens with zero attached hydrogens (tertiary/aromatic N) is 1. The minimum atomic E-state index is -2.54. The number of thiophene rings is 1. The monoisotopic (exact) mass is 243 g/mol. The molecule has 0 aliphatic heterocycles. The van der Waals surface area contributed by atoms with Crippen LogP contribution in [0.15, 0.2) is 22.9 Å². The van der Waals surface area contributed by atoms with E-state index in [0.29, 0.717) is 16.8 Å². The van der Waals surface area contributed by atoms with E-state index in [1.165, 1.54) is 22.8 Å². The van der Waals surface area contributed by atoms with Crippen molar-refractivity contribution in [2.24, 2.45) is 0 Å². The summed E-state index contributed by atoms with van der Waals surface area (Å²) in [5.74, 6) is -0.651. The lowest BCUT2D eigenvalue weighted by molar-refractivity contribution is 0.152. The van der Waals surface area contributed by atoms with Crippen LogP contribution in [0.5, 0.6) is 0 Å². The van der Waals surface area contributed by atoms with Crippen LogP contribution < -0.4 is 0 Å². The topological polar surface area (TPSA) is 12.9 Å². The molecular formula is C11H8F3NS. The molecular weight excluding hydrogens is 235 g/mol. The van der Waals surface area contributed by atoms with E-state index in [4.69, 9.17) is 0 Å². The summed E-state index contributed by atoms with van der Waals surface area (Å²) in [5.41, 5.74) is 1.24. The SMILES string of the molecule is Cc1cc(-c2cscc2C(F)F)cc(F)n1. The first-order valence-corrected chi connectivity index (χ1v) is 5.51. The number of hydrogen-bond acceptors (Lipinski definition) is 2. The molecule has 0 aliphatic carbocycles. The molecule has 0 fully saturated rings. The van der Waals surface area contributed by atoms with Crippen LogP contribution in [0.1, 0.15) is 17.7 Å². The first-order chi connectivity index (χ1) is 7.58. The van der Waals surface area contributed by atoms with Crippen LogP contribution >= 0.6 is 11.3 Å². The molecule has 2 aromatic rings. The number of alkyl halides is 2. The molecule has 0 unspecified atom stereocenters. The zero-order chi connectivity index (χ0) is 11.7. The molecule has 2 aromatic heterocycles. The second-order valence-electron chi connectivity index (χ2n) is 3.36. The van der Waals surface area contributed by atoms with E-state index in [0.717, 1.165) is 0 Å². The van der Waals surface area contributed by atoms with Gasteiger partial charge in [0.2, 0.25) is 5.95 Å². The van der Waals surface area contributed by atoms with Gasteiger partial charge in [-0.15, -0.1) is 0 Å². The highest BCUT2D eigenvalue weighted by Gasteiger charge is 2.16. The Morgan fingerprint density at radius 1 is 1.25 bits per heavy atom. The maximum atomic E-state index is 13.1. The number of rotatable bonds is 2. The third-order valence-electron chi connectivity index (χ3n) is 2.16. The maximum absolute atomic E-state index is 13.1. The van der Waals surface area contributed by atoms with Gasteiger partial charge in [-0.3, -0.25) is 0 Å². The summed E-state index contributed by atoms with van der Waals surface area (Å²) in [7, 11) is 0. The van der Waals surface area contributed by atoms with Gasteiger partial charge in [-0.2, -0.15) is 15.7 Å². The Morgan fingerprint density at radius 3 is 2.62 bits per heavy atom. The van der Waals surface area contributed by atoms with E-state index in [2.05, 4.69) is 4.98 Å². The normalized spacial score (nSPS) is 11.1. The van der Waals surface area contributed by atoms with Gasteiger partial charge >= 0.3 is 0 Å². The molecule has 0 atom stereocenters. The molecule has 0 radical (unpaired) electrons. The van der Waals surface area contributed by atoms with Crippen molar-refractivity contribution < 1.29 is 13.2 Å². The fourth-order valence-electron chi connectivity index (χ4n) is 1.49. The van der Waals surface area contributed by atoms with Crippen molar-refractivity contribution in [1.82, 2.24) is 4.98 Å². The maximum Gasteiger partial charge on any atom is 0.265 e. The average Bonchev–Trinajstić information content (AvgIpc) is 2.63. The summed E-state index contributed by atoms with van der Waals surface area (Å²) >= 11 is 1.18. The average molecular weight is 243 g/mol. The quantitative estimate of drug-likeness (QED) is 0.720. The van der Waals surface area contributed by atoms with Crippen molar-refractivity contribution in [2.75, 3.05) is 0 Å². The van der Waals surface area contributed by atoms with Crippen LogP contribution in [0.25, 0.3) is 11.1 Å². The zero-order valence-corrected chi connectivity index (χ0v) is 9.19. The minimum absolute atomic E-state index is 0.0602. The Morgan fingerprint density at radius 2 is 2.00 bits per heavy atom. The van der Waals surface area contributed by atoms with Gasteiger partial charge in [-0.05, 0) is 23.9 Å². The second-order valence-corrected chi connectivity index (χ2v) is 4.10. The number of aryl methyl sites for hydroxylation is 1. The molecule has 84 valence electrons. The van der Waals surface area contributed by atoms with Gasteiger partial charge in [-0.25, -0.2) is 13.8 Å². The first kappa shape index (κ1) is 11.1. The predicted molar refractivity (Wildman–Crippen MR) is 57.2 cm³/mol. The van der Waals surface area contributed by atoms with Gasteiger partial charge in [0.15, 0.2) is 0 Å². The Kier molecular flexibility index (Phi) is 2.96. The fraction of sp³-hybridized carbons (Fsp3) is 0.182. The standard InChI is InChI=1S/C11H8F3NS/c1-6-2-7(3-10(12)15-6)8-4-16-5-9(8)11(13)14/h2-5,11H,1H3. The van der Waals surface area contributed by atoms with Crippen LogP contribution in [0, 0.1) is 12.9 Å². The summed E-state index contributed by atoms with van der Waals surface area (Å²) in [4.78, 5) is 3.57. The van der Waals surface area contributed by atoms with Crippen molar-refractivity contribution in [3.8, 4) is 11.1 Å². The summed E-state index contributed by atoms with van der Waals surface area (Å²) in [5, 5.41) is 2.98. The van der Waals surface area contributed by atoms with Crippen LogP contribution in [-0.2, 0) is 0 Å². The number of halogens is 3. The van der Waals surface area contributed by atoms with E-state index in [9.17, 15) is 13.2 Å². The van der Waals surface area contributed by atoms with Crippen molar-refractivity contribution >= 4 is 11.3 Å². The van der Waals surface area contributed by atoms with E-state index in [1.54, 1.807) is 18.4 Å². The fourth-order valence-corrected chi connectivity index (χ4v) is 2.35. The van der Waals surface area contributed by atoms with Gasteiger partial charge in [0.25, 0.3) is 6.43 Å². The lowest BCUT2D eigenvalue weighted by Gasteiger charge is -2.04. The van der Waals surface area contributed by atoms with Gasteiger partial charge in [-0.1, -0.05) is 0 Å². The van der Waals surface area contributed by atoms with Crippen LogP contribution in [0.2, 0.25) is 0 Å². The summed E-state index contributed by atoms with van der Waals surface area (Å²) < 4.78 is 38.3. The minimum Gasteiger partial charge on any atom is -0.225 e. The molecule has 2 rings (SSSR count). The largest absolute Gasteiger partial charge is 0.265 e. The molecule has 16 heavy (non-hydrogen) atoms. The van der Waals surface area contributed by atoms with E-state index in [1.807, 2.05) is 0 Å². The number of pyridine rings is 1. The highest BCUT2D eigenvalue weighted by Crippen LogP contribution is 2.34. The van der Waals surface area contributed by atoms with E-state index < -0.39 is 12.4 Å². The second kappa shape index (κ2) is 4.25. The first-order valence-electron chi connectivity index (χ1n) is 4.56. The Bertz CT molecular complexity index is 487. The molecule has 0 amide bonds. The van der Waals surface area contributed by atoms with Crippen LogP contribution in [-0.4, -0.2) is 4.98 Å². The summed E-state index contributed by atoms with van der Waals surface area (Å²) in [6.45, 7) is 1.63. The predicted octanol–water partition coefficient (Wildman–Crippen LogP) is 4.20. The van der Waals surface area contributed by atoms with Gasteiger partial charge < -0.3 is 0 Å². The highest BCUT2D eigenvalue weighted by molar-refractivity contribution is 7.08. The molecule has 0 aliphatic rings. The Labute approximate surface area is 94.6 Å². The Hall–Kier alpha value is -1.36. The third kappa shape index (κ3) is 2.09. The molecule has 0 saturated carbocycles. The van der Waals surface area contributed by atoms with Crippen molar-refractivity contribution in [3.63, 3.8) is 0 Å². The lowest BCUT2D eigenvalue weighted by Crippen LogP contribution is -1.91. The molecule has 1 nitrogen and oxygen atoms in total. The molecule has 0 bridgehead atoms. The van der Waals surface area contributed by atoms with Crippen molar-refractivity contribution in [1.29, 1.82) is 0 Å². The molecule has 0 aromatic carbocycles. The van der Waals surface area contributed by atoms with E-state index >= 15 is 0 Å². The lowest BCUT2D eigenvalue weighted by atomic mass is 10.1. The molecule has 2 heterocycles. The van der Waals surface area contributed by atoms with Crippen molar-refractivity contribution in [3.05, 3.63) is 40.1 Å². The zero-order valence-electron chi connectivity index (χ0n) is 8.38. The van der Waals surface area contributed by atoms with Gasteiger partial charge in [0.05, 0.1) is 0 Å². The number of hydrogen-bond donors (Lipinski definition) is 0. The third-order valence-corrected chi connectivity index (χ3v) is 2.92. The van der Waals surface area contributed by atoms with Crippen LogP contribution in [0.3, 0.4) is 0 Å². The summed E-state index contributed by atoms with van der Waals surface area (Å²) in [6.07, 6.45) is -2.54. The highest BCUT2D eigenvalue weighted by atomic mass is 32.1. The molecule has 5 heteroatoms.